The van der Waals surface area contributed by atoms with Crippen molar-refractivity contribution < 1.29 is 18.9 Å². The number of nitrogens with zero attached hydrogens (tertiary/aromatic N) is 2. The topological polar surface area (TPSA) is 86.5 Å². The summed E-state index contributed by atoms with van der Waals surface area (Å²) in [5.74, 6) is 1.12. The van der Waals surface area contributed by atoms with Crippen LogP contribution in [0.1, 0.15) is 9.67 Å². The van der Waals surface area contributed by atoms with Crippen LogP contribution in [0, 0.1) is 0 Å². The monoisotopic (exact) mass is 331 g/mol. The van der Waals surface area contributed by atoms with E-state index in [4.69, 9.17) is 14.1 Å². The number of aromatic nitrogens is 2. The Morgan fingerprint density at radius 1 is 1.17 bits per heavy atom. The maximum Gasteiger partial charge on any atom is 0.267 e. The predicted molar refractivity (Wildman–Crippen MR) is 85.1 cm³/mol. The van der Waals surface area contributed by atoms with E-state index in [0.717, 1.165) is 0 Å². The molecule has 0 unspecified atom stereocenters. The standard InChI is InChI=1S/C15H13N3O4S/c1-20-10-6-5-9(8-11(10)21-2)13-14(18-22-17-13)16-15(19)12-4-3-7-23-12/h3-8H,1-2H3,(H,16,18,19). The molecule has 23 heavy (non-hydrogen) atoms. The second kappa shape index (κ2) is 6.49. The van der Waals surface area contributed by atoms with Crippen molar-refractivity contribution >= 4 is 23.1 Å². The zero-order valence-corrected chi connectivity index (χ0v) is 13.2. The van der Waals surface area contributed by atoms with Crippen LogP contribution in [0.25, 0.3) is 11.3 Å². The molecule has 0 aliphatic rings. The number of anilines is 1. The second-order valence-corrected chi connectivity index (χ2v) is 5.41. The lowest BCUT2D eigenvalue weighted by Crippen LogP contribution is -2.11. The smallest absolute Gasteiger partial charge is 0.267 e. The highest BCUT2D eigenvalue weighted by Gasteiger charge is 2.18. The van der Waals surface area contributed by atoms with Gasteiger partial charge in [0.1, 0.15) is 0 Å². The number of ether oxygens (including phenoxy) is 2. The molecule has 1 N–H and O–H groups in total. The molecule has 0 spiro atoms. The van der Waals surface area contributed by atoms with Gasteiger partial charge in [-0.1, -0.05) is 6.07 Å². The molecule has 118 valence electrons. The first-order valence-corrected chi connectivity index (χ1v) is 7.50. The van der Waals surface area contributed by atoms with Gasteiger partial charge in [-0.2, -0.15) is 0 Å². The molecule has 2 aromatic heterocycles. The van der Waals surface area contributed by atoms with Gasteiger partial charge in [0.2, 0.25) is 5.82 Å². The lowest BCUT2D eigenvalue weighted by molar-refractivity contribution is 0.102. The molecular formula is C15H13N3O4S. The molecule has 2 heterocycles. The maximum atomic E-state index is 12.1. The fraction of sp³-hybridized carbons (Fsp3) is 0.133. The molecule has 0 bridgehead atoms. The van der Waals surface area contributed by atoms with Gasteiger partial charge < -0.3 is 14.8 Å². The first-order valence-electron chi connectivity index (χ1n) is 6.62. The first-order chi connectivity index (χ1) is 11.2. The first kappa shape index (κ1) is 15.0. The molecule has 0 radical (unpaired) electrons. The van der Waals surface area contributed by atoms with Crippen molar-refractivity contribution in [2.75, 3.05) is 19.5 Å². The number of hydrogen-bond donors (Lipinski definition) is 1. The van der Waals surface area contributed by atoms with E-state index in [1.165, 1.54) is 11.3 Å². The van der Waals surface area contributed by atoms with Crippen LogP contribution in [-0.2, 0) is 0 Å². The summed E-state index contributed by atoms with van der Waals surface area (Å²) in [6.45, 7) is 0. The van der Waals surface area contributed by atoms with Crippen molar-refractivity contribution in [3.05, 3.63) is 40.6 Å². The summed E-state index contributed by atoms with van der Waals surface area (Å²) in [5, 5.41) is 12.1. The van der Waals surface area contributed by atoms with Crippen LogP contribution in [0.15, 0.2) is 40.3 Å². The van der Waals surface area contributed by atoms with Gasteiger partial charge in [0.05, 0.1) is 19.1 Å². The lowest BCUT2D eigenvalue weighted by atomic mass is 10.1. The summed E-state index contributed by atoms with van der Waals surface area (Å²) < 4.78 is 15.2. The van der Waals surface area contributed by atoms with Gasteiger partial charge in [0.25, 0.3) is 5.91 Å². The normalized spacial score (nSPS) is 10.3. The third-order valence-corrected chi connectivity index (χ3v) is 3.99. The number of carbonyl (C=O) groups is 1. The fourth-order valence-electron chi connectivity index (χ4n) is 2.02. The van der Waals surface area contributed by atoms with Crippen molar-refractivity contribution in [1.82, 2.24) is 10.3 Å². The van der Waals surface area contributed by atoms with E-state index in [2.05, 4.69) is 15.6 Å². The predicted octanol–water partition coefficient (Wildman–Crippen LogP) is 3.07. The average molecular weight is 331 g/mol. The van der Waals surface area contributed by atoms with E-state index < -0.39 is 0 Å². The van der Waals surface area contributed by atoms with E-state index in [0.29, 0.717) is 27.6 Å². The Hall–Kier alpha value is -2.87. The number of amides is 1. The fourth-order valence-corrected chi connectivity index (χ4v) is 2.64. The SMILES string of the molecule is COc1ccc(-c2nonc2NC(=O)c2cccs2)cc1OC. The molecule has 0 atom stereocenters. The van der Waals surface area contributed by atoms with Crippen molar-refractivity contribution in [1.29, 1.82) is 0 Å². The van der Waals surface area contributed by atoms with Gasteiger partial charge in [-0.25, -0.2) is 4.63 Å². The van der Waals surface area contributed by atoms with Crippen LogP contribution in [-0.4, -0.2) is 30.4 Å². The van der Waals surface area contributed by atoms with E-state index in [9.17, 15) is 4.79 Å². The third-order valence-electron chi connectivity index (χ3n) is 3.12. The number of nitrogens with one attached hydrogen (secondary N) is 1. The molecule has 7 nitrogen and oxygen atoms in total. The van der Waals surface area contributed by atoms with Gasteiger partial charge in [0.15, 0.2) is 17.2 Å². The Bertz CT molecular complexity index is 814. The number of benzene rings is 1. The van der Waals surface area contributed by atoms with Crippen LogP contribution in [0.4, 0.5) is 5.82 Å². The minimum absolute atomic E-state index is 0.246. The minimum Gasteiger partial charge on any atom is -0.493 e. The van der Waals surface area contributed by atoms with Crippen molar-refractivity contribution in [2.24, 2.45) is 0 Å². The lowest BCUT2D eigenvalue weighted by Gasteiger charge is -2.08. The average Bonchev–Trinajstić information content (AvgIpc) is 3.25. The summed E-state index contributed by atoms with van der Waals surface area (Å²) in [7, 11) is 3.10. The summed E-state index contributed by atoms with van der Waals surface area (Å²) in [4.78, 5) is 12.7. The minimum atomic E-state index is -0.266. The Kier molecular flexibility index (Phi) is 4.24. The Morgan fingerprint density at radius 3 is 2.70 bits per heavy atom. The molecule has 1 aromatic carbocycles. The van der Waals surface area contributed by atoms with Gasteiger partial charge in [-0.05, 0) is 40.0 Å². The molecule has 3 rings (SSSR count). The zero-order chi connectivity index (χ0) is 16.2. The Morgan fingerprint density at radius 2 is 2.00 bits per heavy atom. The van der Waals surface area contributed by atoms with Crippen molar-refractivity contribution in [3.8, 4) is 22.8 Å². The molecule has 8 heteroatoms. The van der Waals surface area contributed by atoms with Gasteiger partial charge in [-0.3, -0.25) is 4.79 Å². The van der Waals surface area contributed by atoms with Crippen LogP contribution in [0.3, 0.4) is 0 Å². The summed E-state index contributed by atoms with van der Waals surface area (Å²) in [5.41, 5.74) is 1.10. The number of thiophene rings is 1. The molecule has 0 saturated carbocycles. The van der Waals surface area contributed by atoms with Gasteiger partial charge in [-0.15, -0.1) is 11.3 Å². The highest BCUT2D eigenvalue weighted by atomic mass is 32.1. The van der Waals surface area contributed by atoms with Crippen LogP contribution < -0.4 is 14.8 Å². The largest absolute Gasteiger partial charge is 0.493 e. The molecule has 0 aliphatic carbocycles. The van der Waals surface area contributed by atoms with Crippen molar-refractivity contribution in [3.63, 3.8) is 0 Å². The van der Waals surface area contributed by atoms with Gasteiger partial charge >= 0.3 is 0 Å². The third kappa shape index (κ3) is 3.02. The summed E-state index contributed by atoms with van der Waals surface area (Å²) >= 11 is 1.34. The maximum absolute atomic E-state index is 12.1. The molecule has 3 aromatic rings. The quantitative estimate of drug-likeness (QED) is 0.773. The zero-order valence-electron chi connectivity index (χ0n) is 12.4. The van der Waals surface area contributed by atoms with Crippen molar-refractivity contribution in [2.45, 2.75) is 0 Å². The number of carbonyl (C=O) groups excluding carboxylic acids is 1. The molecule has 1 amide bonds. The van der Waals surface area contributed by atoms with E-state index in [1.54, 1.807) is 44.6 Å². The number of hydrogen-bond acceptors (Lipinski definition) is 7. The molecular weight excluding hydrogens is 318 g/mol. The van der Waals surface area contributed by atoms with Crippen LogP contribution in [0.2, 0.25) is 0 Å². The van der Waals surface area contributed by atoms with E-state index in [1.807, 2.05) is 5.38 Å². The number of methoxy groups -OCH3 is 2. The summed E-state index contributed by atoms with van der Waals surface area (Å²) in [6.07, 6.45) is 0. The second-order valence-electron chi connectivity index (χ2n) is 4.46. The number of rotatable bonds is 5. The van der Waals surface area contributed by atoms with E-state index >= 15 is 0 Å². The highest BCUT2D eigenvalue weighted by molar-refractivity contribution is 7.12. The summed E-state index contributed by atoms with van der Waals surface area (Å²) in [6, 6.07) is 8.79. The highest BCUT2D eigenvalue weighted by Crippen LogP contribution is 2.33. The molecule has 0 aliphatic heterocycles. The van der Waals surface area contributed by atoms with Crippen LogP contribution in [0.5, 0.6) is 11.5 Å². The Balaban J connectivity index is 1.90. The van der Waals surface area contributed by atoms with Crippen LogP contribution >= 0.6 is 11.3 Å². The van der Waals surface area contributed by atoms with Gasteiger partial charge in [0, 0.05) is 5.56 Å². The Labute approximate surface area is 135 Å². The molecule has 0 fully saturated rings. The molecule has 0 saturated heterocycles. The van der Waals surface area contributed by atoms with E-state index in [-0.39, 0.29) is 11.7 Å².